The number of rotatable bonds is 7. The van der Waals surface area contributed by atoms with Gasteiger partial charge in [-0.25, -0.2) is 0 Å². The van der Waals surface area contributed by atoms with Crippen LogP contribution in [-0.4, -0.2) is 26.7 Å². The van der Waals surface area contributed by atoms with Crippen LogP contribution in [0, 0.1) is 0 Å². The molecule has 2 unspecified atom stereocenters. The summed E-state index contributed by atoms with van der Waals surface area (Å²) in [6.45, 7) is 0. The summed E-state index contributed by atoms with van der Waals surface area (Å²) in [7, 11) is -2.16. The van der Waals surface area contributed by atoms with Crippen LogP contribution in [0.5, 0.6) is 0 Å². The van der Waals surface area contributed by atoms with E-state index in [1.807, 2.05) is 0 Å². The fraction of sp³-hybridized carbons (Fsp3) is 0.455. The molecule has 0 aliphatic carbocycles. The van der Waals surface area contributed by atoms with Gasteiger partial charge >= 0.3 is 7.60 Å². The largest absolute Gasteiger partial charge is 0.399 e. The molecule has 108 valence electrons. The van der Waals surface area contributed by atoms with Gasteiger partial charge in [0.1, 0.15) is 5.40 Å². The first-order chi connectivity index (χ1) is 8.96. The van der Waals surface area contributed by atoms with Crippen molar-refractivity contribution in [1.82, 2.24) is 0 Å². The summed E-state index contributed by atoms with van der Waals surface area (Å²) in [5, 5.41) is -0.818. The molecule has 0 spiro atoms. The molecule has 2 N–H and O–H groups in total. The Morgan fingerprint density at radius 3 is 2.16 bits per heavy atom. The minimum atomic E-state index is -3.46. The Morgan fingerprint density at radius 1 is 1.21 bits per heavy atom. The molecule has 0 saturated carbocycles. The second-order valence-electron chi connectivity index (χ2n) is 3.89. The van der Waals surface area contributed by atoms with Crippen molar-refractivity contribution < 1.29 is 22.7 Å². The average Bonchev–Trinajstić information content (AvgIpc) is 2.45. The molecule has 0 bridgehead atoms. The van der Waals surface area contributed by atoms with Crippen molar-refractivity contribution in [2.24, 2.45) is 0 Å². The Balaban J connectivity index is 3.02. The maximum Gasteiger partial charge on any atom is 0.342 e. The van der Waals surface area contributed by atoms with Crippen molar-refractivity contribution in [1.29, 1.82) is 0 Å². The molecule has 0 aromatic heterocycles. The molecule has 1 rings (SSSR count). The van der Waals surface area contributed by atoms with E-state index in [2.05, 4.69) is 0 Å². The van der Waals surface area contributed by atoms with Gasteiger partial charge in [0.05, 0.1) is 0 Å². The quantitative estimate of drug-likeness (QED) is 0.615. The first-order valence-corrected chi connectivity index (χ1v) is 8.61. The van der Waals surface area contributed by atoms with Crippen LogP contribution in [-0.2, 0) is 29.1 Å². The average molecular weight is 307 g/mol. The van der Waals surface area contributed by atoms with E-state index < -0.39 is 21.0 Å². The zero-order chi connectivity index (χ0) is 14.5. The van der Waals surface area contributed by atoms with E-state index in [0.717, 1.165) is 5.56 Å². The molecule has 1 aromatic rings. The summed E-state index contributed by atoms with van der Waals surface area (Å²) >= 11 is 0. The van der Waals surface area contributed by atoms with Gasteiger partial charge in [0.2, 0.25) is 8.03 Å². The number of hydrogen-bond acceptors (Lipinski definition) is 6. The van der Waals surface area contributed by atoms with E-state index in [-0.39, 0.29) is 6.42 Å². The summed E-state index contributed by atoms with van der Waals surface area (Å²) < 4.78 is 39.0. The molecule has 0 aliphatic rings. The zero-order valence-electron chi connectivity index (χ0n) is 11.2. The zero-order valence-corrected chi connectivity index (χ0v) is 13.1. The molecule has 0 heterocycles. The molecule has 2 atom stereocenters. The third-order valence-electron chi connectivity index (χ3n) is 2.77. The Bertz CT molecular complexity index is 468. The minimum Gasteiger partial charge on any atom is -0.399 e. The molecule has 1 aromatic carbocycles. The first kappa shape index (κ1) is 16.4. The molecular formula is C11H19NO5P2. The fourth-order valence-electron chi connectivity index (χ4n) is 1.67. The van der Waals surface area contributed by atoms with Crippen LogP contribution < -0.4 is 5.73 Å². The van der Waals surface area contributed by atoms with Crippen molar-refractivity contribution in [2.45, 2.75) is 11.8 Å². The lowest BCUT2D eigenvalue weighted by atomic mass is 10.1. The van der Waals surface area contributed by atoms with Crippen molar-refractivity contribution in [2.75, 3.05) is 27.1 Å². The summed E-state index contributed by atoms with van der Waals surface area (Å²) in [6.07, 6.45) is 0.269. The van der Waals surface area contributed by atoms with Gasteiger partial charge in [0, 0.05) is 27.0 Å². The number of nitrogens with two attached hydrogens (primary N) is 1. The van der Waals surface area contributed by atoms with Gasteiger partial charge < -0.3 is 19.3 Å². The minimum absolute atomic E-state index is 0.269. The highest BCUT2D eigenvalue weighted by atomic mass is 31.2. The summed E-state index contributed by atoms with van der Waals surface area (Å²) in [6, 6.07) is 7.01. The highest BCUT2D eigenvalue weighted by Gasteiger charge is 2.38. The van der Waals surface area contributed by atoms with Crippen LogP contribution in [0.3, 0.4) is 0 Å². The topological polar surface area (TPSA) is 87.9 Å². The Morgan fingerprint density at radius 2 is 1.74 bits per heavy atom. The van der Waals surface area contributed by atoms with Crippen molar-refractivity contribution in [3.8, 4) is 0 Å². The maximum atomic E-state index is 12.4. The molecule has 0 aliphatic heterocycles. The summed E-state index contributed by atoms with van der Waals surface area (Å²) in [5.74, 6) is 0. The monoisotopic (exact) mass is 307 g/mol. The van der Waals surface area contributed by atoms with Crippen molar-refractivity contribution in [3.63, 3.8) is 0 Å². The molecular weight excluding hydrogens is 288 g/mol. The number of anilines is 1. The third kappa shape index (κ3) is 4.16. The lowest BCUT2D eigenvalue weighted by Crippen LogP contribution is -2.11. The van der Waals surface area contributed by atoms with E-state index in [0.29, 0.717) is 5.69 Å². The van der Waals surface area contributed by atoms with E-state index >= 15 is 0 Å². The van der Waals surface area contributed by atoms with Crippen LogP contribution in [0.25, 0.3) is 0 Å². The Kier molecular flexibility index (Phi) is 6.24. The van der Waals surface area contributed by atoms with Gasteiger partial charge in [-0.15, -0.1) is 0 Å². The lowest BCUT2D eigenvalue weighted by Gasteiger charge is -2.23. The van der Waals surface area contributed by atoms with Gasteiger partial charge in [0.25, 0.3) is 0 Å². The second-order valence-corrected chi connectivity index (χ2v) is 8.55. The predicted molar refractivity (Wildman–Crippen MR) is 76.0 cm³/mol. The van der Waals surface area contributed by atoms with Crippen molar-refractivity contribution in [3.05, 3.63) is 29.8 Å². The SMILES string of the molecule is CO[PH](=O)C(Cc1ccc(N)cc1)P(=O)(OC)OC. The molecule has 0 radical (unpaired) electrons. The van der Waals surface area contributed by atoms with E-state index in [4.69, 9.17) is 19.3 Å². The Labute approximate surface area is 113 Å². The van der Waals surface area contributed by atoms with Gasteiger partial charge in [0.15, 0.2) is 0 Å². The molecule has 0 saturated heterocycles. The van der Waals surface area contributed by atoms with Crippen LogP contribution >= 0.6 is 15.6 Å². The number of hydrogen-bond donors (Lipinski definition) is 1. The Hall–Kier alpha value is -0.640. The third-order valence-corrected chi connectivity index (χ3v) is 7.47. The van der Waals surface area contributed by atoms with Gasteiger partial charge in [-0.3, -0.25) is 9.13 Å². The van der Waals surface area contributed by atoms with Crippen LogP contribution in [0.15, 0.2) is 24.3 Å². The van der Waals surface area contributed by atoms with Crippen LogP contribution in [0.1, 0.15) is 5.56 Å². The molecule has 0 amide bonds. The smallest absolute Gasteiger partial charge is 0.342 e. The molecule has 0 fully saturated rings. The number of benzene rings is 1. The van der Waals surface area contributed by atoms with E-state index in [1.165, 1.54) is 21.3 Å². The second kappa shape index (κ2) is 7.22. The van der Waals surface area contributed by atoms with Crippen LogP contribution in [0.2, 0.25) is 0 Å². The van der Waals surface area contributed by atoms with Crippen LogP contribution in [0.4, 0.5) is 5.69 Å². The summed E-state index contributed by atoms with van der Waals surface area (Å²) in [5.41, 5.74) is 7.06. The lowest BCUT2D eigenvalue weighted by molar-refractivity contribution is 0.270. The standard InChI is InChI=1S/C11H19NO5P2/c1-15-18(13)11(19(14,16-2)17-3)8-9-4-6-10(12)7-5-9/h4-7,11,18H,8,12H2,1-3H3. The molecule has 19 heavy (non-hydrogen) atoms. The highest BCUT2D eigenvalue weighted by molar-refractivity contribution is 7.67. The normalized spacial score (nSPS) is 15.1. The fourth-order valence-corrected chi connectivity index (χ4v) is 5.41. The number of nitrogen functional groups attached to an aromatic ring is 1. The van der Waals surface area contributed by atoms with Gasteiger partial charge in [-0.2, -0.15) is 0 Å². The highest BCUT2D eigenvalue weighted by Crippen LogP contribution is 2.61. The van der Waals surface area contributed by atoms with Gasteiger partial charge in [-0.1, -0.05) is 12.1 Å². The van der Waals surface area contributed by atoms with E-state index in [1.54, 1.807) is 24.3 Å². The maximum absolute atomic E-state index is 12.4. The first-order valence-electron chi connectivity index (χ1n) is 5.60. The molecule has 8 heteroatoms. The van der Waals surface area contributed by atoms with E-state index in [9.17, 15) is 9.13 Å². The summed E-state index contributed by atoms with van der Waals surface area (Å²) in [4.78, 5) is 0. The predicted octanol–water partition coefficient (Wildman–Crippen LogP) is 2.74. The van der Waals surface area contributed by atoms with Gasteiger partial charge in [-0.05, 0) is 24.1 Å². The van der Waals surface area contributed by atoms with Crippen molar-refractivity contribution >= 4 is 21.3 Å². The molecule has 6 nitrogen and oxygen atoms in total.